The molecule has 1 saturated heterocycles. The molecule has 1 heterocycles. The molecule has 1 unspecified atom stereocenters. The van der Waals surface area contributed by atoms with Crippen LogP contribution in [0.5, 0.6) is 5.75 Å². The number of nitrogens with zero attached hydrogens (tertiary/aromatic N) is 2. The van der Waals surface area contributed by atoms with Crippen LogP contribution in [0.2, 0.25) is 5.02 Å². The van der Waals surface area contributed by atoms with Crippen molar-refractivity contribution in [2.24, 2.45) is 0 Å². The van der Waals surface area contributed by atoms with Crippen molar-refractivity contribution < 1.29 is 4.74 Å². The zero-order chi connectivity index (χ0) is 17.6. The van der Waals surface area contributed by atoms with Gasteiger partial charge in [0.1, 0.15) is 11.9 Å². The number of halogens is 1. The summed E-state index contributed by atoms with van der Waals surface area (Å²) in [6.45, 7) is 7.63. The largest absolute Gasteiger partial charge is 0.486 e. The lowest BCUT2D eigenvalue weighted by Gasteiger charge is -2.33. The average molecular weight is 359 g/mol. The Labute approximate surface area is 156 Å². The number of benzene rings is 2. The van der Waals surface area contributed by atoms with Gasteiger partial charge in [-0.15, -0.1) is 0 Å². The smallest absolute Gasteiger partial charge is 0.125 e. The highest BCUT2D eigenvalue weighted by Gasteiger charge is 2.18. The van der Waals surface area contributed by atoms with E-state index in [2.05, 4.69) is 41.1 Å². The molecule has 1 aliphatic rings. The van der Waals surface area contributed by atoms with Crippen molar-refractivity contribution in [1.82, 2.24) is 9.80 Å². The van der Waals surface area contributed by atoms with Crippen molar-refractivity contribution in [2.75, 3.05) is 39.8 Å². The SMILES string of the molecule is Cc1cc(OC(CCN2CCN(C)CC2)c2ccccc2)ccc1Cl. The van der Waals surface area contributed by atoms with E-state index < -0.39 is 0 Å². The van der Waals surface area contributed by atoms with E-state index in [9.17, 15) is 0 Å². The highest BCUT2D eigenvalue weighted by atomic mass is 35.5. The zero-order valence-corrected chi connectivity index (χ0v) is 15.9. The maximum Gasteiger partial charge on any atom is 0.125 e. The van der Waals surface area contributed by atoms with Crippen LogP contribution < -0.4 is 4.74 Å². The van der Waals surface area contributed by atoms with Gasteiger partial charge in [-0.25, -0.2) is 0 Å². The van der Waals surface area contributed by atoms with Crippen molar-refractivity contribution >= 4 is 11.6 Å². The van der Waals surface area contributed by atoms with Gasteiger partial charge in [0.25, 0.3) is 0 Å². The first-order valence-electron chi connectivity index (χ1n) is 9.00. The van der Waals surface area contributed by atoms with Gasteiger partial charge in [-0.2, -0.15) is 0 Å². The minimum Gasteiger partial charge on any atom is -0.486 e. The zero-order valence-electron chi connectivity index (χ0n) is 15.1. The number of hydrogen-bond donors (Lipinski definition) is 0. The lowest BCUT2D eigenvalue weighted by Crippen LogP contribution is -2.45. The van der Waals surface area contributed by atoms with Gasteiger partial charge >= 0.3 is 0 Å². The number of rotatable bonds is 6. The molecule has 0 radical (unpaired) electrons. The Morgan fingerprint density at radius 2 is 1.76 bits per heavy atom. The maximum atomic E-state index is 6.35. The Bertz CT molecular complexity index is 669. The third-order valence-corrected chi connectivity index (χ3v) is 5.31. The second-order valence-electron chi connectivity index (χ2n) is 6.86. The van der Waals surface area contributed by atoms with E-state index in [1.54, 1.807) is 0 Å². The third kappa shape index (κ3) is 5.21. The van der Waals surface area contributed by atoms with Gasteiger partial charge in [0, 0.05) is 44.2 Å². The fraction of sp³-hybridized carbons (Fsp3) is 0.429. The van der Waals surface area contributed by atoms with E-state index in [1.165, 1.54) is 5.56 Å². The van der Waals surface area contributed by atoms with E-state index in [0.717, 1.165) is 55.5 Å². The molecule has 3 nitrogen and oxygen atoms in total. The number of piperazine rings is 1. The van der Waals surface area contributed by atoms with E-state index in [0.29, 0.717) is 0 Å². The molecule has 4 heteroatoms. The Hall–Kier alpha value is -1.55. The Morgan fingerprint density at radius 3 is 2.44 bits per heavy atom. The summed E-state index contributed by atoms with van der Waals surface area (Å²) in [6.07, 6.45) is 1.04. The summed E-state index contributed by atoms with van der Waals surface area (Å²) in [5, 5.41) is 0.779. The minimum absolute atomic E-state index is 0.0569. The first-order valence-corrected chi connectivity index (χ1v) is 9.38. The van der Waals surface area contributed by atoms with Gasteiger partial charge in [-0.1, -0.05) is 41.9 Å². The van der Waals surface area contributed by atoms with E-state index in [4.69, 9.17) is 16.3 Å². The molecule has 2 aromatic carbocycles. The Balaban J connectivity index is 1.68. The van der Waals surface area contributed by atoms with Crippen LogP contribution in [0, 0.1) is 6.92 Å². The summed E-state index contributed by atoms with van der Waals surface area (Å²) >= 11 is 6.14. The van der Waals surface area contributed by atoms with Crippen LogP contribution in [-0.2, 0) is 0 Å². The fourth-order valence-electron chi connectivity index (χ4n) is 3.19. The molecule has 3 rings (SSSR count). The maximum absolute atomic E-state index is 6.35. The van der Waals surface area contributed by atoms with Crippen LogP contribution in [-0.4, -0.2) is 49.6 Å². The summed E-state index contributed by atoms with van der Waals surface area (Å²) in [7, 11) is 2.19. The summed E-state index contributed by atoms with van der Waals surface area (Å²) in [4.78, 5) is 4.92. The van der Waals surface area contributed by atoms with Gasteiger partial charge < -0.3 is 14.5 Å². The highest BCUT2D eigenvalue weighted by Crippen LogP contribution is 2.28. The van der Waals surface area contributed by atoms with Crippen molar-refractivity contribution in [3.8, 4) is 5.75 Å². The second-order valence-corrected chi connectivity index (χ2v) is 7.27. The molecule has 0 aliphatic carbocycles. The third-order valence-electron chi connectivity index (χ3n) is 4.88. The average Bonchev–Trinajstić information content (AvgIpc) is 2.63. The van der Waals surface area contributed by atoms with Crippen molar-refractivity contribution in [1.29, 1.82) is 0 Å². The Morgan fingerprint density at radius 1 is 1.04 bits per heavy atom. The van der Waals surface area contributed by atoms with Gasteiger partial charge in [-0.05, 0) is 43.3 Å². The van der Waals surface area contributed by atoms with Gasteiger partial charge in [0.05, 0.1) is 0 Å². The normalized spacial score (nSPS) is 17.4. The highest BCUT2D eigenvalue weighted by molar-refractivity contribution is 6.31. The molecule has 0 spiro atoms. The molecule has 134 valence electrons. The van der Waals surface area contributed by atoms with Crippen LogP contribution in [0.1, 0.15) is 23.7 Å². The van der Waals surface area contributed by atoms with Crippen LogP contribution in [0.3, 0.4) is 0 Å². The first-order chi connectivity index (χ1) is 12.1. The molecule has 0 saturated carbocycles. The predicted octanol–water partition coefficient (Wildman–Crippen LogP) is 4.41. The van der Waals surface area contributed by atoms with Crippen LogP contribution in [0.25, 0.3) is 0 Å². The summed E-state index contributed by atoms with van der Waals surface area (Å²) < 4.78 is 6.35. The molecule has 2 aromatic rings. The summed E-state index contributed by atoms with van der Waals surface area (Å²) in [5.74, 6) is 0.883. The number of aryl methyl sites for hydroxylation is 1. The predicted molar refractivity (Wildman–Crippen MR) is 105 cm³/mol. The summed E-state index contributed by atoms with van der Waals surface area (Å²) in [6, 6.07) is 16.4. The first kappa shape index (κ1) is 18.2. The van der Waals surface area contributed by atoms with Crippen LogP contribution in [0.4, 0.5) is 0 Å². The molecular weight excluding hydrogens is 332 g/mol. The lowest BCUT2D eigenvalue weighted by molar-refractivity contribution is 0.123. The standard InChI is InChI=1S/C21H27ClN2O/c1-17-16-19(8-9-20(17)22)25-21(18-6-4-3-5-7-18)10-11-24-14-12-23(2)13-15-24/h3-9,16,21H,10-15H2,1-2H3. The lowest BCUT2D eigenvalue weighted by atomic mass is 10.1. The topological polar surface area (TPSA) is 15.7 Å². The molecule has 0 bridgehead atoms. The molecule has 0 aromatic heterocycles. The molecule has 1 aliphatic heterocycles. The van der Waals surface area contributed by atoms with Crippen LogP contribution >= 0.6 is 11.6 Å². The number of likely N-dealkylation sites (N-methyl/N-ethyl adjacent to an activating group) is 1. The van der Waals surface area contributed by atoms with Gasteiger partial charge in [0.15, 0.2) is 0 Å². The van der Waals surface area contributed by atoms with Crippen LogP contribution in [0.15, 0.2) is 48.5 Å². The van der Waals surface area contributed by atoms with Gasteiger partial charge in [0.2, 0.25) is 0 Å². The fourth-order valence-corrected chi connectivity index (χ4v) is 3.30. The second kappa shape index (κ2) is 8.70. The molecule has 1 fully saturated rings. The Kier molecular flexibility index (Phi) is 6.35. The van der Waals surface area contributed by atoms with Crippen molar-refractivity contribution in [2.45, 2.75) is 19.4 Å². The van der Waals surface area contributed by atoms with E-state index in [-0.39, 0.29) is 6.10 Å². The van der Waals surface area contributed by atoms with Crippen molar-refractivity contribution in [3.05, 3.63) is 64.7 Å². The monoisotopic (exact) mass is 358 g/mol. The molecule has 25 heavy (non-hydrogen) atoms. The van der Waals surface area contributed by atoms with E-state index >= 15 is 0 Å². The van der Waals surface area contributed by atoms with Crippen molar-refractivity contribution in [3.63, 3.8) is 0 Å². The van der Waals surface area contributed by atoms with E-state index in [1.807, 2.05) is 31.2 Å². The molecule has 0 amide bonds. The van der Waals surface area contributed by atoms with Gasteiger partial charge in [-0.3, -0.25) is 0 Å². The quantitative estimate of drug-likeness (QED) is 0.760. The molecular formula is C21H27ClN2O. The molecule has 1 atom stereocenters. The number of hydrogen-bond acceptors (Lipinski definition) is 3. The minimum atomic E-state index is 0.0569. The summed E-state index contributed by atoms with van der Waals surface area (Å²) in [5.41, 5.74) is 2.27. The number of ether oxygens (including phenoxy) is 1. The molecule has 0 N–H and O–H groups in total.